The van der Waals surface area contributed by atoms with Crippen LogP contribution in [0.25, 0.3) is 0 Å². The number of aromatic nitrogens is 2. The zero-order chi connectivity index (χ0) is 6.69. The van der Waals surface area contributed by atoms with Crippen molar-refractivity contribution in [3.05, 3.63) is 5.69 Å². The van der Waals surface area contributed by atoms with Gasteiger partial charge in [0.2, 0.25) is 5.82 Å². The van der Waals surface area contributed by atoms with Crippen molar-refractivity contribution in [2.24, 2.45) is 10.2 Å². The van der Waals surface area contributed by atoms with Gasteiger partial charge in [0.15, 0.2) is 0 Å². The first-order valence-corrected chi connectivity index (χ1v) is 2.43. The molecule has 0 radical (unpaired) electrons. The van der Waals surface area contributed by atoms with Crippen molar-refractivity contribution in [3.8, 4) is 0 Å². The van der Waals surface area contributed by atoms with Gasteiger partial charge in [-0.3, -0.25) is 0 Å². The lowest BCUT2D eigenvalue weighted by Gasteiger charge is -1.76. The van der Waals surface area contributed by atoms with Gasteiger partial charge in [0.05, 0.1) is 0 Å². The maximum atomic E-state index is 4.34. The highest BCUT2D eigenvalue weighted by molar-refractivity contribution is 5.27. The van der Waals surface area contributed by atoms with Crippen LogP contribution in [-0.2, 0) is 0 Å². The number of hydrogen-bond donors (Lipinski definition) is 0. The van der Waals surface area contributed by atoms with E-state index in [9.17, 15) is 0 Å². The molecule has 0 aromatic carbocycles. The van der Waals surface area contributed by atoms with Crippen LogP contribution in [0.2, 0.25) is 0 Å². The Morgan fingerprint density at radius 1 is 1.44 bits per heavy atom. The third-order valence-electron chi connectivity index (χ3n) is 0.823. The van der Waals surface area contributed by atoms with Crippen LogP contribution in [0.1, 0.15) is 5.69 Å². The maximum Gasteiger partial charge on any atom is 0.240 e. The van der Waals surface area contributed by atoms with Gasteiger partial charge in [-0.25, -0.2) is 4.63 Å². The monoisotopic (exact) mass is 126 g/mol. The Morgan fingerprint density at radius 2 is 2.22 bits per heavy atom. The molecule has 5 nitrogen and oxygen atoms in total. The van der Waals surface area contributed by atoms with Gasteiger partial charge in [0.1, 0.15) is 5.69 Å². The predicted molar refractivity (Wildman–Crippen MR) is 29.5 cm³/mol. The highest BCUT2D eigenvalue weighted by Gasteiger charge is 2.00. The van der Waals surface area contributed by atoms with Gasteiger partial charge in [-0.05, 0) is 12.1 Å². The van der Waals surface area contributed by atoms with E-state index < -0.39 is 0 Å². The standard InChI is InChI=1S/C4H6N4O/c1-3-4(6-5-2)8-9-7-3/h1-2H3/b6-5-. The first kappa shape index (κ1) is 5.87. The lowest BCUT2D eigenvalue weighted by atomic mass is 10.5. The summed E-state index contributed by atoms with van der Waals surface area (Å²) in [6, 6.07) is 0. The van der Waals surface area contributed by atoms with Crippen molar-refractivity contribution < 1.29 is 4.63 Å². The van der Waals surface area contributed by atoms with E-state index in [-0.39, 0.29) is 0 Å². The molecular formula is C4H6N4O. The number of azo groups is 1. The van der Waals surface area contributed by atoms with Gasteiger partial charge < -0.3 is 0 Å². The highest BCUT2D eigenvalue weighted by atomic mass is 16.6. The van der Waals surface area contributed by atoms with E-state index >= 15 is 0 Å². The van der Waals surface area contributed by atoms with E-state index in [0.29, 0.717) is 11.5 Å². The van der Waals surface area contributed by atoms with Gasteiger partial charge in [-0.15, -0.1) is 5.11 Å². The normalized spacial score (nSPS) is 10.9. The summed E-state index contributed by atoms with van der Waals surface area (Å²) in [4.78, 5) is 0. The smallest absolute Gasteiger partial charge is 0.240 e. The molecule has 1 aromatic rings. The molecule has 0 saturated heterocycles. The fourth-order valence-electron chi connectivity index (χ4n) is 0.413. The largest absolute Gasteiger partial charge is 0.242 e. The quantitative estimate of drug-likeness (QED) is 0.529. The fourth-order valence-corrected chi connectivity index (χ4v) is 0.413. The first-order valence-electron chi connectivity index (χ1n) is 2.43. The van der Waals surface area contributed by atoms with Crippen LogP contribution >= 0.6 is 0 Å². The summed E-state index contributed by atoms with van der Waals surface area (Å²) in [7, 11) is 1.56. The van der Waals surface area contributed by atoms with Crippen LogP contribution in [0.5, 0.6) is 0 Å². The predicted octanol–water partition coefficient (Wildman–Crippen LogP) is 1.09. The molecule has 0 atom stereocenters. The Morgan fingerprint density at radius 3 is 2.67 bits per heavy atom. The molecular weight excluding hydrogens is 120 g/mol. The molecule has 0 bridgehead atoms. The summed E-state index contributed by atoms with van der Waals surface area (Å²) in [5, 5.41) is 14.1. The lowest BCUT2D eigenvalue weighted by molar-refractivity contribution is 0.305. The molecule has 0 fully saturated rings. The van der Waals surface area contributed by atoms with Gasteiger partial charge in [-0.2, -0.15) is 5.11 Å². The second-order valence-corrected chi connectivity index (χ2v) is 1.47. The maximum absolute atomic E-state index is 4.34. The Hall–Kier alpha value is -1.26. The van der Waals surface area contributed by atoms with Crippen LogP contribution in [0.15, 0.2) is 14.9 Å². The average molecular weight is 126 g/mol. The van der Waals surface area contributed by atoms with Crippen molar-refractivity contribution in [2.75, 3.05) is 7.05 Å². The summed E-state index contributed by atoms with van der Waals surface area (Å²) in [5.74, 6) is 0.442. The second-order valence-electron chi connectivity index (χ2n) is 1.47. The molecule has 0 aliphatic heterocycles. The van der Waals surface area contributed by atoms with E-state index in [2.05, 4.69) is 25.2 Å². The molecule has 0 aliphatic rings. The Bertz CT molecular complexity index is 216. The minimum absolute atomic E-state index is 0.442. The van der Waals surface area contributed by atoms with Crippen LogP contribution < -0.4 is 0 Å². The third kappa shape index (κ3) is 1.10. The van der Waals surface area contributed by atoms with Crippen LogP contribution in [0.3, 0.4) is 0 Å². The fraction of sp³-hybridized carbons (Fsp3) is 0.500. The molecule has 5 heteroatoms. The summed E-state index contributed by atoms with van der Waals surface area (Å²) >= 11 is 0. The third-order valence-corrected chi connectivity index (χ3v) is 0.823. The van der Waals surface area contributed by atoms with Crippen LogP contribution in [-0.4, -0.2) is 17.4 Å². The number of aryl methyl sites for hydroxylation is 1. The second kappa shape index (κ2) is 2.34. The van der Waals surface area contributed by atoms with E-state index in [4.69, 9.17) is 0 Å². The van der Waals surface area contributed by atoms with E-state index in [0.717, 1.165) is 0 Å². The number of nitrogens with zero attached hydrogens (tertiary/aromatic N) is 4. The average Bonchev–Trinajstić information content (AvgIpc) is 2.18. The Balaban J connectivity index is 2.94. The van der Waals surface area contributed by atoms with Crippen molar-refractivity contribution in [1.29, 1.82) is 0 Å². The number of rotatable bonds is 1. The molecule has 0 aliphatic carbocycles. The molecule has 1 heterocycles. The Kier molecular flexibility index (Phi) is 1.53. The molecule has 9 heavy (non-hydrogen) atoms. The molecule has 0 amide bonds. The van der Waals surface area contributed by atoms with Gasteiger partial charge in [0, 0.05) is 7.05 Å². The molecule has 0 spiro atoms. The SMILES string of the molecule is C/N=N\c1nonc1C. The van der Waals surface area contributed by atoms with Crippen molar-refractivity contribution in [2.45, 2.75) is 6.92 Å². The van der Waals surface area contributed by atoms with E-state index in [1.54, 1.807) is 14.0 Å². The summed E-state index contributed by atoms with van der Waals surface area (Å²) in [6.45, 7) is 1.75. The topological polar surface area (TPSA) is 63.6 Å². The first-order chi connectivity index (χ1) is 4.34. The molecule has 48 valence electrons. The molecule has 0 N–H and O–H groups in total. The summed E-state index contributed by atoms with van der Waals surface area (Å²) in [5.41, 5.74) is 0.653. The van der Waals surface area contributed by atoms with Gasteiger partial charge >= 0.3 is 0 Å². The van der Waals surface area contributed by atoms with Crippen molar-refractivity contribution in [3.63, 3.8) is 0 Å². The minimum Gasteiger partial charge on any atom is -0.242 e. The van der Waals surface area contributed by atoms with E-state index in [1.807, 2.05) is 0 Å². The van der Waals surface area contributed by atoms with Gasteiger partial charge in [0.25, 0.3) is 0 Å². The van der Waals surface area contributed by atoms with Crippen molar-refractivity contribution >= 4 is 5.82 Å². The van der Waals surface area contributed by atoms with E-state index in [1.165, 1.54) is 0 Å². The van der Waals surface area contributed by atoms with Gasteiger partial charge in [-0.1, -0.05) is 5.16 Å². The summed E-state index contributed by atoms with van der Waals surface area (Å²) < 4.78 is 4.34. The zero-order valence-electron chi connectivity index (χ0n) is 5.20. The highest BCUT2D eigenvalue weighted by Crippen LogP contribution is 2.10. The minimum atomic E-state index is 0.442. The lowest BCUT2D eigenvalue weighted by Crippen LogP contribution is -1.66. The molecule has 1 rings (SSSR count). The van der Waals surface area contributed by atoms with Crippen LogP contribution in [0.4, 0.5) is 5.82 Å². The van der Waals surface area contributed by atoms with Crippen molar-refractivity contribution in [1.82, 2.24) is 10.3 Å². The molecule has 0 unspecified atom stereocenters. The van der Waals surface area contributed by atoms with Crippen LogP contribution in [0, 0.1) is 6.92 Å². The molecule has 1 aromatic heterocycles. The zero-order valence-corrected chi connectivity index (χ0v) is 5.20. The Labute approximate surface area is 51.7 Å². The summed E-state index contributed by atoms with van der Waals surface area (Å²) in [6.07, 6.45) is 0. The number of hydrogen-bond acceptors (Lipinski definition) is 5. The molecule has 0 saturated carbocycles.